The van der Waals surface area contributed by atoms with Crippen LogP contribution in [0.4, 0.5) is 5.69 Å². The molecule has 25 heavy (non-hydrogen) atoms. The minimum Gasteiger partial charge on any atom is -0.481 e. The van der Waals surface area contributed by atoms with Gasteiger partial charge in [-0.1, -0.05) is 30.3 Å². The first-order valence-electron chi connectivity index (χ1n) is 8.21. The topological polar surface area (TPSA) is 81.5 Å². The van der Waals surface area contributed by atoms with Gasteiger partial charge in [0.2, 0.25) is 0 Å². The number of non-ortho nitro benzene ring substituents is 1. The maximum Gasteiger partial charge on any atom is 0.269 e. The summed E-state index contributed by atoms with van der Waals surface area (Å²) < 4.78 is 5.54. The van der Waals surface area contributed by atoms with Gasteiger partial charge < -0.3 is 10.1 Å². The van der Waals surface area contributed by atoms with Crippen LogP contribution < -0.4 is 10.1 Å². The first-order chi connectivity index (χ1) is 12.0. The molecule has 2 atom stereocenters. The van der Waals surface area contributed by atoms with E-state index in [1.165, 1.54) is 29.8 Å². The van der Waals surface area contributed by atoms with Gasteiger partial charge in [0.05, 0.1) is 4.92 Å². The molecule has 0 bridgehead atoms. The standard InChI is InChI=1S/C19H22N2O4/c1-14(8-9-16-6-4-3-5-7-16)20-19(22)15(2)25-18-12-10-17(11-13-18)21(23)24/h3-7,10-15H,8-9H2,1-2H3,(H,20,22)/t14-,15+/m1/s1. The fourth-order valence-corrected chi connectivity index (χ4v) is 2.36. The molecule has 2 rings (SSSR count). The first kappa shape index (κ1) is 18.4. The van der Waals surface area contributed by atoms with Crippen LogP contribution in [0.15, 0.2) is 54.6 Å². The zero-order valence-electron chi connectivity index (χ0n) is 14.3. The van der Waals surface area contributed by atoms with Crippen molar-refractivity contribution in [2.45, 2.75) is 38.8 Å². The van der Waals surface area contributed by atoms with Crippen molar-refractivity contribution >= 4 is 11.6 Å². The number of nitrogens with zero attached hydrogens (tertiary/aromatic N) is 1. The second-order valence-electron chi connectivity index (χ2n) is 5.95. The number of carbonyl (C=O) groups is 1. The van der Waals surface area contributed by atoms with Gasteiger partial charge in [-0.25, -0.2) is 0 Å². The Morgan fingerprint density at radius 1 is 1.12 bits per heavy atom. The Hall–Kier alpha value is -2.89. The summed E-state index contributed by atoms with van der Waals surface area (Å²) in [5.74, 6) is 0.212. The summed E-state index contributed by atoms with van der Waals surface area (Å²) in [6.07, 6.45) is 1.04. The van der Waals surface area contributed by atoms with Gasteiger partial charge in [0, 0.05) is 18.2 Å². The van der Waals surface area contributed by atoms with Crippen LogP contribution in [0, 0.1) is 10.1 Å². The molecule has 0 unspecified atom stereocenters. The van der Waals surface area contributed by atoms with Crippen LogP contribution in [0.5, 0.6) is 5.75 Å². The summed E-state index contributed by atoms with van der Waals surface area (Å²) in [5.41, 5.74) is 1.22. The molecule has 2 aromatic rings. The summed E-state index contributed by atoms with van der Waals surface area (Å²) >= 11 is 0. The highest BCUT2D eigenvalue weighted by Crippen LogP contribution is 2.18. The number of hydrogen-bond donors (Lipinski definition) is 1. The molecule has 0 aliphatic heterocycles. The molecule has 0 radical (unpaired) electrons. The van der Waals surface area contributed by atoms with Crippen LogP contribution in [-0.4, -0.2) is 23.0 Å². The Kier molecular flexibility index (Phi) is 6.51. The van der Waals surface area contributed by atoms with Crippen molar-refractivity contribution in [3.05, 3.63) is 70.3 Å². The third-order valence-corrected chi connectivity index (χ3v) is 3.83. The number of nitro groups is 1. The number of benzene rings is 2. The zero-order valence-corrected chi connectivity index (χ0v) is 14.3. The lowest BCUT2D eigenvalue weighted by molar-refractivity contribution is -0.384. The number of nitrogens with one attached hydrogen (secondary N) is 1. The van der Waals surface area contributed by atoms with E-state index in [-0.39, 0.29) is 17.6 Å². The summed E-state index contributed by atoms with van der Waals surface area (Å²) in [6.45, 7) is 3.61. The summed E-state index contributed by atoms with van der Waals surface area (Å²) in [4.78, 5) is 22.4. The van der Waals surface area contributed by atoms with E-state index in [1.54, 1.807) is 6.92 Å². The molecule has 6 nitrogen and oxygen atoms in total. The number of ether oxygens (including phenoxy) is 1. The zero-order chi connectivity index (χ0) is 18.2. The molecule has 0 spiro atoms. The molecule has 1 N–H and O–H groups in total. The number of hydrogen-bond acceptors (Lipinski definition) is 4. The van der Waals surface area contributed by atoms with E-state index in [1.807, 2.05) is 25.1 Å². The molecule has 0 heterocycles. The second kappa shape index (κ2) is 8.82. The fraction of sp³-hybridized carbons (Fsp3) is 0.316. The number of rotatable bonds is 8. The molecular weight excluding hydrogens is 320 g/mol. The third kappa shape index (κ3) is 5.91. The van der Waals surface area contributed by atoms with E-state index in [4.69, 9.17) is 4.74 Å². The SMILES string of the molecule is C[C@H](CCc1ccccc1)NC(=O)[C@H](C)Oc1ccc([N+](=O)[O-])cc1. The van der Waals surface area contributed by atoms with Gasteiger partial charge in [0.1, 0.15) is 5.75 Å². The fourth-order valence-electron chi connectivity index (χ4n) is 2.36. The minimum absolute atomic E-state index is 0.0148. The predicted molar refractivity (Wildman–Crippen MR) is 95.6 cm³/mol. The van der Waals surface area contributed by atoms with Crippen molar-refractivity contribution < 1.29 is 14.5 Å². The Balaban J connectivity index is 1.79. The van der Waals surface area contributed by atoms with Crippen molar-refractivity contribution in [3.63, 3.8) is 0 Å². The largest absolute Gasteiger partial charge is 0.481 e. The average molecular weight is 342 g/mol. The average Bonchev–Trinajstić information content (AvgIpc) is 2.61. The number of amides is 1. The molecule has 0 aromatic heterocycles. The molecule has 1 amide bonds. The van der Waals surface area contributed by atoms with Gasteiger partial charge in [-0.3, -0.25) is 14.9 Å². The summed E-state index contributed by atoms with van der Waals surface area (Å²) in [6, 6.07) is 15.8. The lowest BCUT2D eigenvalue weighted by Gasteiger charge is -2.18. The van der Waals surface area contributed by atoms with Crippen molar-refractivity contribution in [2.75, 3.05) is 0 Å². The molecule has 0 aliphatic rings. The van der Waals surface area contributed by atoms with Crippen LogP contribution in [0.3, 0.4) is 0 Å². The monoisotopic (exact) mass is 342 g/mol. The molecule has 6 heteroatoms. The summed E-state index contributed by atoms with van der Waals surface area (Å²) in [7, 11) is 0. The quantitative estimate of drug-likeness (QED) is 0.588. The normalized spacial score (nSPS) is 12.9. The van der Waals surface area contributed by atoms with Gasteiger partial charge in [-0.2, -0.15) is 0 Å². The van der Waals surface area contributed by atoms with Crippen LogP contribution >= 0.6 is 0 Å². The molecule has 0 fully saturated rings. The van der Waals surface area contributed by atoms with Crippen LogP contribution in [0.25, 0.3) is 0 Å². The Morgan fingerprint density at radius 2 is 1.76 bits per heavy atom. The highest BCUT2D eigenvalue weighted by Gasteiger charge is 2.17. The van der Waals surface area contributed by atoms with Gasteiger partial charge in [0.25, 0.3) is 11.6 Å². The van der Waals surface area contributed by atoms with Crippen molar-refractivity contribution in [2.24, 2.45) is 0 Å². The van der Waals surface area contributed by atoms with Crippen molar-refractivity contribution in [1.29, 1.82) is 0 Å². The highest BCUT2D eigenvalue weighted by molar-refractivity contribution is 5.80. The Morgan fingerprint density at radius 3 is 2.36 bits per heavy atom. The molecule has 132 valence electrons. The smallest absolute Gasteiger partial charge is 0.269 e. The van der Waals surface area contributed by atoms with E-state index in [9.17, 15) is 14.9 Å². The van der Waals surface area contributed by atoms with Gasteiger partial charge >= 0.3 is 0 Å². The van der Waals surface area contributed by atoms with E-state index in [2.05, 4.69) is 17.4 Å². The lowest BCUT2D eigenvalue weighted by Crippen LogP contribution is -2.41. The third-order valence-electron chi connectivity index (χ3n) is 3.83. The van der Waals surface area contributed by atoms with Crippen molar-refractivity contribution in [3.8, 4) is 5.75 Å². The Labute approximate surface area is 147 Å². The van der Waals surface area contributed by atoms with Crippen LogP contribution in [0.2, 0.25) is 0 Å². The molecular formula is C19H22N2O4. The van der Waals surface area contributed by atoms with Gasteiger partial charge in [-0.05, 0) is 44.4 Å². The molecule has 0 aliphatic carbocycles. The van der Waals surface area contributed by atoms with Crippen LogP contribution in [-0.2, 0) is 11.2 Å². The number of carbonyl (C=O) groups excluding carboxylic acids is 1. The second-order valence-corrected chi connectivity index (χ2v) is 5.95. The highest BCUT2D eigenvalue weighted by atomic mass is 16.6. The lowest BCUT2D eigenvalue weighted by atomic mass is 10.1. The minimum atomic E-state index is -0.680. The van der Waals surface area contributed by atoms with E-state index >= 15 is 0 Å². The Bertz CT molecular complexity index is 701. The van der Waals surface area contributed by atoms with E-state index in [0.29, 0.717) is 5.75 Å². The van der Waals surface area contributed by atoms with Gasteiger partial charge in [-0.15, -0.1) is 0 Å². The summed E-state index contributed by atoms with van der Waals surface area (Å²) in [5, 5.41) is 13.6. The van der Waals surface area contributed by atoms with Crippen molar-refractivity contribution in [1.82, 2.24) is 5.32 Å². The van der Waals surface area contributed by atoms with Crippen LogP contribution in [0.1, 0.15) is 25.8 Å². The van der Waals surface area contributed by atoms with E-state index in [0.717, 1.165) is 12.8 Å². The number of nitro benzene ring substituents is 1. The van der Waals surface area contributed by atoms with E-state index < -0.39 is 11.0 Å². The maximum absolute atomic E-state index is 12.2. The molecule has 2 aromatic carbocycles. The maximum atomic E-state index is 12.2. The molecule has 0 saturated heterocycles. The first-order valence-corrected chi connectivity index (χ1v) is 8.21. The molecule has 0 saturated carbocycles. The van der Waals surface area contributed by atoms with Gasteiger partial charge in [0.15, 0.2) is 6.10 Å². The number of aryl methyl sites for hydroxylation is 1. The predicted octanol–water partition coefficient (Wildman–Crippen LogP) is 3.50.